The predicted molar refractivity (Wildman–Crippen MR) is 74.7 cm³/mol. The molecule has 20 heavy (non-hydrogen) atoms. The van der Waals surface area contributed by atoms with Gasteiger partial charge in [-0.25, -0.2) is 4.98 Å². The molecule has 2 heterocycles. The van der Waals surface area contributed by atoms with Crippen LogP contribution in [-0.4, -0.2) is 20.2 Å². The fourth-order valence-corrected chi connectivity index (χ4v) is 2.05. The lowest BCUT2D eigenvalue weighted by atomic mass is 10.1. The Morgan fingerprint density at radius 3 is 2.90 bits per heavy atom. The van der Waals surface area contributed by atoms with Crippen molar-refractivity contribution in [1.29, 1.82) is 0 Å². The zero-order valence-corrected chi connectivity index (χ0v) is 11.2. The molecule has 6 nitrogen and oxygen atoms in total. The SMILES string of the molecule is Cc1ccc(CO)cc1Nc1ncnc2onc(C)c12. The molecule has 0 saturated heterocycles. The van der Waals surface area contributed by atoms with Crippen LogP contribution in [0.3, 0.4) is 0 Å². The highest BCUT2D eigenvalue weighted by atomic mass is 16.5. The monoisotopic (exact) mass is 270 g/mol. The second-order valence-corrected chi connectivity index (χ2v) is 4.60. The highest BCUT2D eigenvalue weighted by molar-refractivity contribution is 5.89. The first-order valence-corrected chi connectivity index (χ1v) is 6.23. The van der Waals surface area contributed by atoms with Crippen LogP contribution in [-0.2, 0) is 6.61 Å². The van der Waals surface area contributed by atoms with Crippen molar-refractivity contribution < 1.29 is 9.63 Å². The van der Waals surface area contributed by atoms with Crippen LogP contribution in [0.15, 0.2) is 29.0 Å². The number of hydrogen-bond donors (Lipinski definition) is 2. The molecule has 0 spiro atoms. The summed E-state index contributed by atoms with van der Waals surface area (Å²) in [4.78, 5) is 8.29. The number of aliphatic hydroxyl groups excluding tert-OH is 1. The average molecular weight is 270 g/mol. The Bertz CT molecular complexity index is 767. The van der Waals surface area contributed by atoms with E-state index in [0.29, 0.717) is 11.5 Å². The van der Waals surface area contributed by atoms with Gasteiger partial charge >= 0.3 is 0 Å². The molecule has 0 atom stereocenters. The summed E-state index contributed by atoms with van der Waals surface area (Å²) in [6.07, 6.45) is 1.43. The predicted octanol–water partition coefficient (Wildman–Crippen LogP) is 2.47. The van der Waals surface area contributed by atoms with E-state index in [2.05, 4.69) is 20.4 Å². The standard InChI is InChI=1S/C14H14N4O2/c1-8-3-4-10(6-19)5-11(8)17-13-12-9(2)18-20-14(12)16-7-15-13/h3-5,7,19H,6H2,1-2H3,(H,15,16,17). The second-order valence-electron chi connectivity index (χ2n) is 4.60. The van der Waals surface area contributed by atoms with Gasteiger partial charge in [0.15, 0.2) is 0 Å². The first kappa shape index (κ1) is 12.6. The lowest BCUT2D eigenvalue weighted by molar-refractivity contribution is 0.282. The maximum Gasteiger partial charge on any atom is 0.263 e. The number of benzene rings is 1. The molecule has 3 aromatic rings. The fourth-order valence-electron chi connectivity index (χ4n) is 2.05. The summed E-state index contributed by atoms with van der Waals surface area (Å²) in [5.74, 6) is 0.645. The second kappa shape index (κ2) is 4.90. The van der Waals surface area contributed by atoms with Gasteiger partial charge in [0, 0.05) is 5.69 Å². The number of hydrogen-bond acceptors (Lipinski definition) is 6. The number of anilines is 2. The molecular formula is C14H14N4O2. The van der Waals surface area contributed by atoms with Crippen molar-refractivity contribution >= 4 is 22.6 Å². The minimum absolute atomic E-state index is 0.000435. The first-order valence-electron chi connectivity index (χ1n) is 6.23. The third-order valence-corrected chi connectivity index (χ3v) is 3.18. The highest BCUT2D eigenvalue weighted by Crippen LogP contribution is 2.27. The molecule has 0 bridgehead atoms. The number of aliphatic hydroxyl groups is 1. The van der Waals surface area contributed by atoms with Crippen LogP contribution in [0.2, 0.25) is 0 Å². The van der Waals surface area contributed by atoms with E-state index in [0.717, 1.165) is 27.9 Å². The van der Waals surface area contributed by atoms with Gasteiger partial charge in [0.25, 0.3) is 5.71 Å². The average Bonchev–Trinajstić information content (AvgIpc) is 2.84. The van der Waals surface area contributed by atoms with Crippen LogP contribution < -0.4 is 5.32 Å². The van der Waals surface area contributed by atoms with E-state index < -0.39 is 0 Å². The third kappa shape index (κ3) is 2.10. The highest BCUT2D eigenvalue weighted by Gasteiger charge is 2.12. The smallest absolute Gasteiger partial charge is 0.263 e. The maximum atomic E-state index is 9.22. The Kier molecular flexibility index (Phi) is 3.08. The maximum absolute atomic E-state index is 9.22. The van der Waals surface area contributed by atoms with Crippen molar-refractivity contribution in [2.75, 3.05) is 5.32 Å². The zero-order valence-electron chi connectivity index (χ0n) is 11.2. The van der Waals surface area contributed by atoms with Gasteiger partial charge in [0.05, 0.1) is 12.3 Å². The van der Waals surface area contributed by atoms with Crippen LogP contribution in [0.5, 0.6) is 0 Å². The van der Waals surface area contributed by atoms with E-state index in [1.54, 1.807) is 0 Å². The summed E-state index contributed by atoms with van der Waals surface area (Å²) < 4.78 is 5.12. The van der Waals surface area contributed by atoms with Crippen molar-refractivity contribution in [3.8, 4) is 0 Å². The van der Waals surface area contributed by atoms with Gasteiger partial charge < -0.3 is 14.9 Å². The van der Waals surface area contributed by atoms with Gasteiger partial charge in [0.2, 0.25) is 0 Å². The Hall–Kier alpha value is -2.47. The van der Waals surface area contributed by atoms with E-state index in [1.807, 2.05) is 32.0 Å². The van der Waals surface area contributed by atoms with E-state index in [-0.39, 0.29) is 6.61 Å². The Morgan fingerprint density at radius 1 is 1.25 bits per heavy atom. The van der Waals surface area contributed by atoms with E-state index in [4.69, 9.17) is 4.52 Å². The van der Waals surface area contributed by atoms with Crippen LogP contribution in [0, 0.1) is 13.8 Å². The number of aryl methyl sites for hydroxylation is 2. The quantitative estimate of drug-likeness (QED) is 0.760. The molecule has 2 aromatic heterocycles. The normalized spacial score (nSPS) is 10.9. The van der Waals surface area contributed by atoms with Gasteiger partial charge in [-0.15, -0.1) is 0 Å². The molecule has 1 aromatic carbocycles. The topological polar surface area (TPSA) is 84.1 Å². The number of rotatable bonds is 3. The summed E-state index contributed by atoms with van der Waals surface area (Å²) in [5, 5.41) is 17.1. The fraction of sp³-hybridized carbons (Fsp3) is 0.214. The molecule has 0 amide bonds. The summed E-state index contributed by atoms with van der Waals surface area (Å²) in [7, 11) is 0. The molecular weight excluding hydrogens is 256 g/mol. The molecule has 6 heteroatoms. The summed E-state index contributed by atoms with van der Waals surface area (Å²) >= 11 is 0. The van der Waals surface area contributed by atoms with Crippen LogP contribution >= 0.6 is 0 Å². The number of aromatic nitrogens is 3. The molecule has 3 rings (SSSR count). The minimum Gasteiger partial charge on any atom is -0.392 e. The van der Waals surface area contributed by atoms with E-state index in [9.17, 15) is 5.11 Å². The van der Waals surface area contributed by atoms with Crippen molar-refractivity contribution in [2.45, 2.75) is 20.5 Å². The lowest BCUT2D eigenvalue weighted by Gasteiger charge is -2.10. The molecule has 0 fully saturated rings. The van der Waals surface area contributed by atoms with Crippen molar-refractivity contribution in [1.82, 2.24) is 15.1 Å². The van der Waals surface area contributed by atoms with Crippen LogP contribution in [0.4, 0.5) is 11.5 Å². The first-order chi connectivity index (χ1) is 9.69. The van der Waals surface area contributed by atoms with Gasteiger partial charge in [-0.3, -0.25) is 0 Å². The molecule has 0 aliphatic rings. The van der Waals surface area contributed by atoms with Crippen molar-refractivity contribution in [2.24, 2.45) is 0 Å². The molecule has 0 saturated carbocycles. The molecule has 102 valence electrons. The molecule has 0 aliphatic carbocycles. The summed E-state index contributed by atoms with van der Waals surface area (Å²) in [6, 6.07) is 5.74. The van der Waals surface area contributed by atoms with Crippen molar-refractivity contribution in [3.05, 3.63) is 41.3 Å². The molecule has 0 unspecified atom stereocenters. The Morgan fingerprint density at radius 2 is 2.10 bits per heavy atom. The number of nitrogens with zero attached hydrogens (tertiary/aromatic N) is 3. The van der Waals surface area contributed by atoms with Gasteiger partial charge in [-0.05, 0) is 31.0 Å². The minimum atomic E-state index is 0.000435. The van der Waals surface area contributed by atoms with Gasteiger partial charge in [0.1, 0.15) is 17.5 Å². The number of nitrogens with one attached hydrogen (secondary N) is 1. The Balaban J connectivity index is 2.07. The molecule has 2 N–H and O–H groups in total. The zero-order chi connectivity index (χ0) is 14.1. The van der Waals surface area contributed by atoms with Crippen LogP contribution in [0.1, 0.15) is 16.8 Å². The van der Waals surface area contributed by atoms with Crippen molar-refractivity contribution in [3.63, 3.8) is 0 Å². The molecule has 0 aliphatic heterocycles. The van der Waals surface area contributed by atoms with Gasteiger partial charge in [-0.2, -0.15) is 4.98 Å². The number of fused-ring (bicyclic) bond motifs is 1. The molecule has 0 radical (unpaired) electrons. The van der Waals surface area contributed by atoms with E-state index >= 15 is 0 Å². The van der Waals surface area contributed by atoms with E-state index in [1.165, 1.54) is 6.33 Å². The summed E-state index contributed by atoms with van der Waals surface area (Å²) in [6.45, 7) is 3.83. The van der Waals surface area contributed by atoms with Gasteiger partial charge in [-0.1, -0.05) is 17.3 Å². The summed E-state index contributed by atoms with van der Waals surface area (Å²) in [5.41, 5.74) is 3.97. The Labute approximate surface area is 115 Å². The van der Waals surface area contributed by atoms with Crippen LogP contribution in [0.25, 0.3) is 11.1 Å². The largest absolute Gasteiger partial charge is 0.392 e. The lowest BCUT2D eigenvalue weighted by Crippen LogP contribution is -1.98. The third-order valence-electron chi connectivity index (χ3n) is 3.18.